The Kier molecular flexibility index (Phi) is 4.74. The summed E-state index contributed by atoms with van der Waals surface area (Å²) >= 11 is 11.7. The average Bonchev–Trinajstić information content (AvgIpc) is 2.96. The van der Waals surface area contributed by atoms with E-state index < -0.39 is 5.91 Å². The van der Waals surface area contributed by atoms with Crippen LogP contribution in [0.2, 0.25) is 10.0 Å². The lowest BCUT2D eigenvalue weighted by molar-refractivity contribution is -0.122. The predicted molar refractivity (Wildman–Crippen MR) is 94.0 cm³/mol. The maximum Gasteiger partial charge on any atom is 0.271 e. The summed E-state index contributed by atoms with van der Waals surface area (Å²) in [6, 6.07) is 14.2. The molecule has 0 atom stereocenters. The zero-order valence-corrected chi connectivity index (χ0v) is 13.9. The molecule has 2 amide bonds. The molecule has 0 fully saturated rings. The highest BCUT2D eigenvalue weighted by molar-refractivity contribution is 6.36. The molecule has 122 valence electrons. The fraction of sp³-hybridized carbons (Fsp3) is 0.0588. The van der Waals surface area contributed by atoms with Gasteiger partial charge in [0.2, 0.25) is 0 Å². The first-order valence-corrected chi connectivity index (χ1v) is 7.88. The Labute approximate surface area is 148 Å². The summed E-state index contributed by atoms with van der Waals surface area (Å²) in [6.45, 7) is 0.0855. The molecule has 0 unspecified atom stereocenters. The number of hydrazine groups is 1. The molecule has 2 aromatic carbocycles. The van der Waals surface area contributed by atoms with Crippen molar-refractivity contribution in [1.82, 2.24) is 15.4 Å². The average molecular weight is 362 g/mol. The lowest BCUT2D eigenvalue weighted by Gasteiger charge is -2.10. The van der Waals surface area contributed by atoms with E-state index in [0.717, 1.165) is 10.9 Å². The normalized spacial score (nSPS) is 10.6. The number of amides is 2. The maximum atomic E-state index is 12.0. The van der Waals surface area contributed by atoms with Crippen LogP contribution in [0.1, 0.15) is 10.4 Å². The molecule has 5 nitrogen and oxygen atoms in total. The van der Waals surface area contributed by atoms with Crippen LogP contribution < -0.4 is 10.9 Å². The number of nitrogens with one attached hydrogen (secondary N) is 2. The second-order valence-electron chi connectivity index (χ2n) is 5.13. The van der Waals surface area contributed by atoms with Gasteiger partial charge in [-0.15, -0.1) is 0 Å². The molecule has 3 rings (SSSR count). The molecule has 24 heavy (non-hydrogen) atoms. The summed E-state index contributed by atoms with van der Waals surface area (Å²) in [5, 5.41) is 1.69. The van der Waals surface area contributed by atoms with E-state index in [1.807, 2.05) is 36.5 Å². The number of benzene rings is 2. The lowest BCUT2D eigenvalue weighted by atomic mass is 10.2. The molecule has 0 aliphatic heterocycles. The largest absolute Gasteiger partial charge is 0.338 e. The van der Waals surface area contributed by atoms with Gasteiger partial charge in [-0.3, -0.25) is 20.4 Å². The Morgan fingerprint density at radius 1 is 1.00 bits per heavy atom. The van der Waals surface area contributed by atoms with Crippen molar-refractivity contribution in [2.24, 2.45) is 0 Å². The van der Waals surface area contributed by atoms with Gasteiger partial charge in [-0.05, 0) is 35.7 Å². The second-order valence-corrected chi connectivity index (χ2v) is 5.97. The van der Waals surface area contributed by atoms with Crippen LogP contribution in [0.25, 0.3) is 10.9 Å². The second kappa shape index (κ2) is 6.95. The van der Waals surface area contributed by atoms with E-state index in [4.69, 9.17) is 23.2 Å². The van der Waals surface area contributed by atoms with Crippen LogP contribution in [-0.2, 0) is 11.3 Å². The van der Waals surface area contributed by atoms with Crippen LogP contribution >= 0.6 is 23.2 Å². The number of halogens is 2. The van der Waals surface area contributed by atoms with Crippen molar-refractivity contribution in [2.75, 3.05) is 0 Å². The number of rotatable bonds is 3. The van der Waals surface area contributed by atoms with Crippen LogP contribution in [0.5, 0.6) is 0 Å². The van der Waals surface area contributed by atoms with E-state index in [9.17, 15) is 9.59 Å². The van der Waals surface area contributed by atoms with Crippen molar-refractivity contribution >= 4 is 45.9 Å². The van der Waals surface area contributed by atoms with Gasteiger partial charge in [0.1, 0.15) is 6.54 Å². The molecule has 0 spiro atoms. The summed E-state index contributed by atoms with van der Waals surface area (Å²) in [5.74, 6) is -0.864. The molecule has 3 aromatic rings. The zero-order chi connectivity index (χ0) is 17.1. The highest BCUT2D eigenvalue weighted by Gasteiger charge is 2.12. The Hall–Kier alpha value is -2.50. The van der Waals surface area contributed by atoms with Gasteiger partial charge in [-0.2, -0.15) is 0 Å². The first-order valence-electron chi connectivity index (χ1n) is 7.13. The standard InChI is InChI=1S/C17H13Cl2N3O2/c18-12-5-6-13(14(19)9-12)17(24)21-20-16(23)10-22-8-7-11-3-1-2-4-15(11)22/h1-9H,10H2,(H,20,23)(H,21,24). The number of carbonyl (C=O) groups excluding carboxylic acids is 2. The van der Waals surface area contributed by atoms with Gasteiger partial charge in [0.15, 0.2) is 0 Å². The van der Waals surface area contributed by atoms with Gasteiger partial charge in [0.25, 0.3) is 11.8 Å². The molecular formula is C17H13Cl2N3O2. The minimum Gasteiger partial charge on any atom is -0.338 e. The quantitative estimate of drug-likeness (QED) is 0.702. The highest BCUT2D eigenvalue weighted by atomic mass is 35.5. The van der Waals surface area contributed by atoms with Gasteiger partial charge < -0.3 is 4.57 Å². The SMILES string of the molecule is O=C(Cn1ccc2ccccc21)NNC(=O)c1ccc(Cl)cc1Cl. The van der Waals surface area contributed by atoms with E-state index >= 15 is 0 Å². The van der Waals surface area contributed by atoms with Gasteiger partial charge in [0, 0.05) is 16.7 Å². The number of fused-ring (bicyclic) bond motifs is 1. The molecule has 0 saturated carbocycles. The zero-order valence-electron chi connectivity index (χ0n) is 12.4. The summed E-state index contributed by atoms with van der Waals surface area (Å²) in [5.41, 5.74) is 5.89. The van der Waals surface area contributed by atoms with Crippen LogP contribution in [0, 0.1) is 0 Å². The third kappa shape index (κ3) is 3.53. The van der Waals surface area contributed by atoms with E-state index in [-0.39, 0.29) is 23.0 Å². The maximum absolute atomic E-state index is 12.0. The summed E-state index contributed by atoms with van der Waals surface area (Å²) < 4.78 is 1.80. The fourth-order valence-electron chi connectivity index (χ4n) is 2.34. The lowest BCUT2D eigenvalue weighted by Crippen LogP contribution is -2.43. The monoisotopic (exact) mass is 361 g/mol. The van der Waals surface area contributed by atoms with Crippen molar-refractivity contribution in [2.45, 2.75) is 6.54 Å². The Morgan fingerprint density at radius 2 is 1.79 bits per heavy atom. The topological polar surface area (TPSA) is 63.1 Å². The summed E-state index contributed by atoms with van der Waals surface area (Å²) in [7, 11) is 0. The molecule has 0 aliphatic rings. The van der Waals surface area contributed by atoms with Crippen molar-refractivity contribution in [3.63, 3.8) is 0 Å². The Balaban J connectivity index is 1.62. The van der Waals surface area contributed by atoms with Crippen molar-refractivity contribution in [3.8, 4) is 0 Å². The van der Waals surface area contributed by atoms with E-state index in [1.54, 1.807) is 10.6 Å². The number of nitrogens with zero attached hydrogens (tertiary/aromatic N) is 1. The van der Waals surface area contributed by atoms with Gasteiger partial charge in [-0.25, -0.2) is 0 Å². The molecule has 0 radical (unpaired) electrons. The number of hydrogen-bond acceptors (Lipinski definition) is 2. The number of hydrogen-bond donors (Lipinski definition) is 2. The third-order valence-corrected chi connectivity index (χ3v) is 4.03. The minimum absolute atomic E-state index is 0.0855. The van der Waals surface area contributed by atoms with Gasteiger partial charge in [-0.1, -0.05) is 41.4 Å². The molecule has 1 heterocycles. The molecular weight excluding hydrogens is 349 g/mol. The molecule has 2 N–H and O–H groups in total. The number of para-hydroxylation sites is 1. The van der Waals surface area contributed by atoms with Gasteiger partial charge >= 0.3 is 0 Å². The Bertz CT molecular complexity index is 921. The fourth-order valence-corrected chi connectivity index (χ4v) is 2.83. The minimum atomic E-state index is -0.512. The van der Waals surface area contributed by atoms with Crippen LogP contribution in [0.15, 0.2) is 54.7 Å². The van der Waals surface area contributed by atoms with Crippen LogP contribution in [0.3, 0.4) is 0 Å². The highest BCUT2D eigenvalue weighted by Crippen LogP contribution is 2.20. The van der Waals surface area contributed by atoms with Crippen molar-refractivity contribution in [3.05, 3.63) is 70.3 Å². The molecule has 0 bridgehead atoms. The van der Waals surface area contributed by atoms with E-state index in [1.165, 1.54) is 12.1 Å². The summed E-state index contributed by atoms with van der Waals surface area (Å²) in [4.78, 5) is 24.1. The first kappa shape index (κ1) is 16.4. The van der Waals surface area contributed by atoms with Crippen molar-refractivity contribution < 1.29 is 9.59 Å². The summed E-state index contributed by atoms with van der Waals surface area (Å²) in [6.07, 6.45) is 1.82. The number of carbonyl (C=O) groups is 2. The molecule has 1 aromatic heterocycles. The van der Waals surface area contributed by atoms with Gasteiger partial charge in [0.05, 0.1) is 10.6 Å². The molecule has 0 saturated heterocycles. The Morgan fingerprint density at radius 3 is 2.58 bits per heavy atom. The van der Waals surface area contributed by atoms with Crippen molar-refractivity contribution in [1.29, 1.82) is 0 Å². The number of aromatic nitrogens is 1. The van der Waals surface area contributed by atoms with Crippen LogP contribution in [0.4, 0.5) is 0 Å². The van der Waals surface area contributed by atoms with E-state index in [0.29, 0.717) is 5.02 Å². The molecule has 0 aliphatic carbocycles. The van der Waals surface area contributed by atoms with Crippen LogP contribution in [-0.4, -0.2) is 16.4 Å². The first-order chi connectivity index (χ1) is 11.5. The third-order valence-electron chi connectivity index (χ3n) is 3.49. The predicted octanol–water partition coefficient (Wildman–Crippen LogP) is 3.41. The molecule has 7 heteroatoms. The van der Waals surface area contributed by atoms with E-state index in [2.05, 4.69) is 10.9 Å². The smallest absolute Gasteiger partial charge is 0.271 e.